The number of halogens is 1. The maximum atomic E-state index is 4.08. The van der Waals surface area contributed by atoms with Gasteiger partial charge in [0.25, 0.3) is 0 Å². The lowest BCUT2D eigenvalue weighted by atomic mass is 10.2. The number of aromatic nitrogens is 3. The van der Waals surface area contributed by atoms with E-state index in [4.69, 9.17) is 0 Å². The number of alkyl halides is 1. The lowest BCUT2D eigenvalue weighted by Crippen LogP contribution is -1.97. The second-order valence-corrected chi connectivity index (χ2v) is 3.16. The van der Waals surface area contributed by atoms with Gasteiger partial charge in [-0.25, -0.2) is 9.67 Å². The van der Waals surface area contributed by atoms with E-state index in [0.29, 0.717) is 0 Å². The van der Waals surface area contributed by atoms with Crippen molar-refractivity contribution in [3.05, 3.63) is 42.5 Å². The maximum Gasteiger partial charge on any atom is 0.138 e. The highest BCUT2D eigenvalue weighted by Crippen LogP contribution is 2.15. The first-order chi connectivity index (χ1) is 6.42. The van der Waals surface area contributed by atoms with Crippen LogP contribution in [0.1, 0.15) is 5.56 Å². The molecule has 66 valence electrons. The van der Waals surface area contributed by atoms with Crippen molar-refractivity contribution in [3.63, 3.8) is 0 Å². The Morgan fingerprint density at radius 3 is 2.85 bits per heavy atom. The third-order valence-electron chi connectivity index (χ3n) is 1.80. The minimum absolute atomic E-state index is 0.822. The molecule has 0 bridgehead atoms. The molecule has 0 spiro atoms. The number of para-hydroxylation sites is 1. The second-order valence-electron chi connectivity index (χ2n) is 2.60. The molecule has 0 aliphatic heterocycles. The summed E-state index contributed by atoms with van der Waals surface area (Å²) >= 11 is 3.43. The fourth-order valence-electron chi connectivity index (χ4n) is 1.18. The first-order valence-corrected chi connectivity index (χ1v) is 5.03. The van der Waals surface area contributed by atoms with Crippen LogP contribution < -0.4 is 0 Å². The topological polar surface area (TPSA) is 30.7 Å². The van der Waals surface area contributed by atoms with E-state index < -0.39 is 0 Å². The van der Waals surface area contributed by atoms with Gasteiger partial charge in [0.1, 0.15) is 12.7 Å². The summed E-state index contributed by atoms with van der Waals surface area (Å²) in [6.45, 7) is 0. The molecule has 0 aliphatic carbocycles. The average molecular weight is 238 g/mol. The fourth-order valence-corrected chi connectivity index (χ4v) is 1.65. The first-order valence-electron chi connectivity index (χ1n) is 3.90. The van der Waals surface area contributed by atoms with Gasteiger partial charge in [-0.3, -0.25) is 0 Å². The van der Waals surface area contributed by atoms with Crippen LogP contribution in [0.4, 0.5) is 0 Å². The minimum Gasteiger partial charge on any atom is -0.223 e. The minimum atomic E-state index is 0.822. The van der Waals surface area contributed by atoms with Crippen LogP contribution in [0.25, 0.3) is 5.69 Å². The van der Waals surface area contributed by atoms with Crippen LogP contribution in [-0.2, 0) is 5.33 Å². The van der Waals surface area contributed by atoms with E-state index in [1.165, 1.54) is 11.9 Å². The molecule has 13 heavy (non-hydrogen) atoms. The quantitative estimate of drug-likeness (QED) is 0.750. The molecule has 1 aromatic heterocycles. The molecule has 0 radical (unpaired) electrons. The van der Waals surface area contributed by atoms with E-state index in [1.807, 2.05) is 18.2 Å². The third-order valence-corrected chi connectivity index (χ3v) is 2.41. The summed E-state index contributed by atoms with van der Waals surface area (Å²) in [5.74, 6) is 0. The van der Waals surface area contributed by atoms with Gasteiger partial charge in [0, 0.05) is 5.33 Å². The Bertz CT molecular complexity index is 384. The molecular weight excluding hydrogens is 230 g/mol. The molecule has 0 saturated carbocycles. The van der Waals surface area contributed by atoms with Gasteiger partial charge in [0.2, 0.25) is 0 Å². The van der Waals surface area contributed by atoms with Crippen molar-refractivity contribution >= 4 is 15.9 Å². The molecule has 0 saturated heterocycles. The van der Waals surface area contributed by atoms with E-state index >= 15 is 0 Å². The largest absolute Gasteiger partial charge is 0.223 e. The maximum absolute atomic E-state index is 4.08. The van der Waals surface area contributed by atoms with Crippen LogP contribution in [0.5, 0.6) is 0 Å². The molecular formula is C9H8BrN3. The molecule has 3 nitrogen and oxygen atoms in total. The average Bonchev–Trinajstić information content (AvgIpc) is 2.70. The Labute approximate surface area is 84.5 Å². The molecule has 2 aromatic rings. The van der Waals surface area contributed by atoms with Crippen molar-refractivity contribution in [2.45, 2.75) is 5.33 Å². The van der Waals surface area contributed by atoms with Crippen molar-refractivity contribution in [1.82, 2.24) is 14.8 Å². The van der Waals surface area contributed by atoms with Gasteiger partial charge in [0.15, 0.2) is 0 Å². The van der Waals surface area contributed by atoms with E-state index in [1.54, 1.807) is 11.0 Å². The normalized spacial score (nSPS) is 10.2. The summed E-state index contributed by atoms with van der Waals surface area (Å²) in [7, 11) is 0. The summed E-state index contributed by atoms with van der Waals surface area (Å²) in [6, 6.07) is 8.08. The summed E-state index contributed by atoms with van der Waals surface area (Å²) in [4.78, 5) is 3.91. The number of nitrogens with zero attached hydrogens (tertiary/aromatic N) is 3. The molecule has 0 amide bonds. The van der Waals surface area contributed by atoms with Crippen molar-refractivity contribution < 1.29 is 0 Å². The Kier molecular flexibility index (Phi) is 2.40. The molecule has 0 unspecified atom stereocenters. The zero-order valence-corrected chi connectivity index (χ0v) is 8.48. The first kappa shape index (κ1) is 8.44. The zero-order valence-electron chi connectivity index (χ0n) is 6.89. The summed E-state index contributed by atoms with van der Waals surface area (Å²) in [5, 5.41) is 4.90. The van der Waals surface area contributed by atoms with E-state index in [0.717, 1.165) is 11.0 Å². The number of hydrogen-bond donors (Lipinski definition) is 0. The van der Waals surface area contributed by atoms with E-state index in [2.05, 4.69) is 32.1 Å². The summed E-state index contributed by atoms with van der Waals surface area (Å²) < 4.78 is 1.76. The fraction of sp³-hybridized carbons (Fsp3) is 0.111. The van der Waals surface area contributed by atoms with Gasteiger partial charge >= 0.3 is 0 Å². The Hall–Kier alpha value is -1.16. The van der Waals surface area contributed by atoms with E-state index in [9.17, 15) is 0 Å². The summed E-state index contributed by atoms with van der Waals surface area (Å²) in [6.07, 6.45) is 3.23. The second kappa shape index (κ2) is 3.70. The Balaban J connectivity index is 2.51. The van der Waals surface area contributed by atoms with Crippen LogP contribution in [0.3, 0.4) is 0 Å². The third kappa shape index (κ3) is 1.62. The van der Waals surface area contributed by atoms with Crippen LogP contribution in [0.2, 0.25) is 0 Å². The predicted octanol–water partition coefficient (Wildman–Crippen LogP) is 2.16. The lowest BCUT2D eigenvalue weighted by molar-refractivity contribution is 0.870. The van der Waals surface area contributed by atoms with Crippen LogP contribution in [0, 0.1) is 0 Å². The number of benzene rings is 1. The van der Waals surface area contributed by atoms with Gasteiger partial charge < -0.3 is 0 Å². The van der Waals surface area contributed by atoms with Crippen LogP contribution in [0.15, 0.2) is 36.9 Å². The summed E-state index contributed by atoms with van der Waals surface area (Å²) in [5.41, 5.74) is 2.27. The highest BCUT2D eigenvalue weighted by atomic mass is 79.9. The highest BCUT2D eigenvalue weighted by molar-refractivity contribution is 9.08. The SMILES string of the molecule is BrCc1ccccc1-n1cncn1. The number of rotatable bonds is 2. The predicted molar refractivity (Wildman–Crippen MR) is 54.0 cm³/mol. The highest BCUT2D eigenvalue weighted by Gasteiger charge is 2.01. The lowest BCUT2D eigenvalue weighted by Gasteiger charge is -2.04. The van der Waals surface area contributed by atoms with Crippen molar-refractivity contribution in [2.24, 2.45) is 0 Å². The van der Waals surface area contributed by atoms with Gasteiger partial charge in [0.05, 0.1) is 5.69 Å². The van der Waals surface area contributed by atoms with E-state index in [-0.39, 0.29) is 0 Å². The molecule has 0 N–H and O–H groups in total. The molecule has 4 heteroatoms. The molecule has 0 atom stereocenters. The van der Waals surface area contributed by atoms with Crippen LogP contribution >= 0.6 is 15.9 Å². The molecule has 0 aliphatic rings. The van der Waals surface area contributed by atoms with Gasteiger partial charge in [-0.2, -0.15) is 5.10 Å². The van der Waals surface area contributed by atoms with Gasteiger partial charge in [-0.05, 0) is 11.6 Å². The number of hydrogen-bond acceptors (Lipinski definition) is 2. The van der Waals surface area contributed by atoms with Gasteiger partial charge in [-0.1, -0.05) is 34.1 Å². The molecule has 1 aromatic carbocycles. The standard InChI is InChI=1S/C9H8BrN3/c10-5-8-3-1-2-4-9(8)13-7-11-6-12-13/h1-4,6-7H,5H2. The Morgan fingerprint density at radius 1 is 1.31 bits per heavy atom. The molecule has 2 rings (SSSR count). The smallest absolute Gasteiger partial charge is 0.138 e. The van der Waals surface area contributed by atoms with Crippen molar-refractivity contribution in [2.75, 3.05) is 0 Å². The van der Waals surface area contributed by atoms with Crippen molar-refractivity contribution in [1.29, 1.82) is 0 Å². The van der Waals surface area contributed by atoms with Crippen LogP contribution in [-0.4, -0.2) is 14.8 Å². The monoisotopic (exact) mass is 237 g/mol. The van der Waals surface area contributed by atoms with Crippen molar-refractivity contribution in [3.8, 4) is 5.69 Å². The molecule has 1 heterocycles. The van der Waals surface area contributed by atoms with Gasteiger partial charge in [-0.15, -0.1) is 0 Å². The Morgan fingerprint density at radius 2 is 2.15 bits per heavy atom. The molecule has 0 fully saturated rings. The zero-order chi connectivity index (χ0) is 9.10.